The fourth-order valence-corrected chi connectivity index (χ4v) is 1.46. The van der Waals surface area contributed by atoms with Crippen LogP contribution in [0.25, 0.3) is 0 Å². The van der Waals surface area contributed by atoms with Crippen LogP contribution in [0.15, 0.2) is 40.4 Å². The van der Waals surface area contributed by atoms with E-state index < -0.39 is 11.9 Å². The van der Waals surface area contributed by atoms with E-state index in [4.69, 9.17) is 0 Å². The number of fused-ring (bicyclic) bond motifs is 1. The van der Waals surface area contributed by atoms with Crippen molar-refractivity contribution in [1.29, 1.82) is 0 Å². The van der Waals surface area contributed by atoms with Gasteiger partial charge in [-0.15, -0.1) is 0 Å². The molecule has 0 atom stereocenters. The van der Waals surface area contributed by atoms with Gasteiger partial charge < -0.3 is 4.74 Å². The van der Waals surface area contributed by atoms with Gasteiger partial charge in [0.25, 0.3) is 5.91 Å². The molecule has 1 aliphatic heterocycles. The number of nitrogens with zero attached hydrogens (tertiary/aromatic N) is 1. The van der Waals surface area contributed by atoms with Gasteiger partial charge in [0.15, 0.2) is 0 Å². The molecule has 0 N–H and O–H groups in total. The Morgan fingerprint density at radius 2 is 2.33 bits per heavy atom. The second-order valence-corrected chi connectivity index (χ2v) is 3.17. The molecule has 1 aliphatic carbocycles. The first-order valence-electron chi connectivity index (χ1n) is 4.51. The van der Waals surface area contributed by atoms with Crippen LogP contribution >= 0.6 is 0 Å². The molecule has 0 fully saturated rings. The molecule has 0 radical (unpaired) electrons. The van der Waals surface area contributed by atoms with Crippen LogP contribution in [0.4, 0.5) is 0 Å². The molecule has 0 saturated heterocycles. The summed E-state index contributed by atoms with van der Waals surface area (Å²) in [4.78, 5) is 26.5. The molecule has 0 unspecified atom stereocenters. The summed E-state index contributed by atoms with van der Waals surface area (Å²) in [7, 11) is 1.24. The van der Waals surface area contributed by atoms with Gasteiger partial charge in [0.2, 0.25) is 0 Å². The topological polar surface area (TPSA) is 55.7 Å². The summed E-state index contributed by atoms with van der Waals surface area (Å²) < 4.78 is 4.50. The first kappa shape index (κ1) is 9.58. The SMILES string of the molecule is COC(=O)C1=CC2=CC=CCC2=NC1=O. The third-order valence-electron chi connectivity index (χ3n) is 2.23. The molecular weight excluding hydrogens is 194 g/mol. The zero-order valence-corrected chi connectivity index (χ0v) is 8.19. The van der Waals surface area contributed by atoms with Gasteiger partial charge in [-0.3, -0.25) is 4.79 Å². The summed E-state index contributed by atoms with van der Waals surface area (Å²) in [6, 6.07) is 0. The van der Waals surface area contributed by atoms with E-state index in [-0.39, 0.29) is 5.57 Å². The lowest BCUT2D eigenvalue weighted by molar-refractivity contribution is -0.137. The van der Waals surface area contributed by atoms with Crippen molar-refractivity contribution in [2.75, 3.05) is 7.11 Å². The number of methoxy groups -OCH3 is 1. The number of carbonyl (C=O) groups excluding carboxylic acids is 2. The van der Waals surface area contributed by atoms with Crippen molar-refractivity contribution < 1.29 is 14.3 Å². The number of rotatable bonds is 1. The Hall–Kier alpha value is -1.97. The summed E-state index contributed by atoms with van der Waals surface area (Å²) in [6.45, 7) is 0. The van der Waals surface area contributed by atoms with Gasteiger partial charge in [-0.25, -0.2) is 9.79 Å². The summed E-state index contributed by atoms with van der Waals surface area (Å²) >= 11 is 0. The molecule has 0 aromatic rings. The average Bonchev–Trinajstić information content (AvgIpc) is 2.27. The second kappa shape index (κ2) is 3.65. The number of amides is 1. The molecule has 0 aromatic carbocycles. The van der Waals surface area contributed by atoms with Gasteiger partial charge in [-0.05, 0) is 11.6 Å². The molecular formula is C11H9NO3. The normalized spacial score (nSPS) is 18.7. The van der Waals surface area contributed by atoms with Crippen LogP contribution in [0, 0.1) is 0 Å². The van der Waals surface area contributed by atoms with E-state index in [1.54, 1.807) is 0 Å². The quantitative estimate of drug-likeness (QED) is 0.471. The van der Waals surface area contributed by atoms with Gasteiger partial charge in [0, 0.05) is 6.42 Å². The van der Waals surface area contributed by atoms with Gasteiger partial charge in [0.05, 0.1) is 12.8 Å². The lowest BCUT2D eigenvalue weighted by Gasteiger charge is -2.14. The number of hydrogen-bond acceptors (Lipinski definition) is 3. The molecule has 0 aromatic heterocycles. The average molecular weight is 203 g/mol. The van der Waals surface area contributed by atoms with E-state index in [0.717, 1.165) is 5.57 Å². The standard InChI is InChI=1S/C11H9NO3/c1-15-11(14)8-6-7-4-2-3-5-9(7)12-10(8)13/h2-4,6H,5H2,1H3. The Morgan fingerprint density at radius 1 is 1.53 bits per heavy atom. The first-order chi connectivity index (χ1) is 7.22. The van der Waals surface area contributed by atoms with Crippen molar-refractivity contribution in [1.82, 2.24) is 0 Å². The fourth-order valence-electron chi connectivity index (χ4n) is 1.46. The molecule has 4 heteroatoms. The molecule has 1 heterocycles. The number of hydrogen-bond donors (Lipinski definition) is 0. The fraction of sp³-hybridized carbons (Fsp3) is 0.182. The Balaban J connectivity index is 2.40. The van der Waals surface area contributed by atoms with Crippen molar-refractivity contribution in [3.05, 3.63) is 35.5 Å². The van der Waals surface area contributed by atoms with Crippen LogP contribution in [0.5, 0.6) is 0 Å². The third-order valence-corrected chi connectivity index (χ3v) is 2.23. The highest BCUT2D eigenvalue weighted by Crippen LogP contribution is 2.19. The van der Waals surface area contributed by atoms with Crippen molar-refractivity contribution in [3.63, 3.8) is 0 Å². The Morgan fingerprint density at radius 3 is 3.07 bits per heavy atom. The molecule has 2 aliphatic rings. The van der Waals surface area contributed by atoms with Gasteiger partial charge >= 0.3 is 5.97 Å². The molecule has 1 amide bonds. The largest absolute Gasteiger partial charge is 0.465 e. The highest BCUT2D eigenvalue weighted by atomic mass is 16.5. The minimum absolute atomic E-state index is 0.0113. The smallest absolute Gasteiger partial charge is 0.343 e. The number of carbonyl (C=O) groups is 2. The second-order valence-electron chi connectivity index (χ2n) is 3.17. The zero-order valence-electron chi connectivity index (χ0n) is 8.19. The maximum absolute atomic E-state index is 11.4. The molecule has 2 rings (SSSR count). The molecule has 0 bridgehead atoms. The van der Waals surface area contributed by atoms with Crippen molar-refractivity contribution >= 4 is 17.6 Å². The number of allylic oxidation sites excluding steroid dienone is 5. The van der Waals surface area contributed by atoms with Crippen LogP contribution in [0.3, 0.4) is 0 Å². The van der Waals surface area contributed by atoms with Gasteiger partial charge in [-0.2, -0.15) is 0 Å². The summed E-state index contributed by atoms with van der Waals surface area (Å²) in [5.41, 5.74) is 1.50. The minimum atomic E-state index is -0.641. The molecule has 4 nitrogen and oxygen atoms in total. The number of dihydropyridines is 1. The predicted molar refractivity (Wildman–Crippen MR) is 54.4 cm³/mol. The van der Waals surface area contributed by atoms with E-state index in [0.29, 0.717) is 12.1 Å². The third kappa shape index (κ3) is 1.66. The van der Waals surface area contributed by atoms with Crippen molar-refractivity contribution in [3.8, 4) is 0 Å². The highest BCUT2D eigenvalue weighted by Gasteiger charge is 2.25. The van der Waals surface area contributed by atoms with E-state index in [1.807, 2.05) is 18.2 Å². The van der Waals surface area contributed by atoms with Crippen LogP contribution in [-0.4, -0.2) is 24.7 Å². The van der Waals surface area contributed by atoms with E-state index >= 15 is 0 Å². The lowest BCUT2D eigenvalue weighted by atomic mass is 9.97. The van der Waals surface area contributed by atoms with E-state index in [9.17, 15) is 9.59 Å². The Kier molecular flexibility index (Phi) is 2.33. The maximum Gasteiger partial charge on any atom is 0.343 e. The number of ether oxygens (including phenoxy) is 1. The predicted octanol–water partition coefficient (Wildman–Crippen LogP) is 0.953. The van der Waals surface area contributed by atoms with E-state index in [1.165, 1.54) is 13.2 Å². The van der Waals surface area contributed by atoms with Crippen LogP contribution < -0.4 is 0 Å². The molecule has 15 heavy (non-hydrogen) atoms. The van der Waals surface area contributed by atoms with Gasteiger partial charge in [-0.1, -0.05) is 18.2 Å². The summed E-state index contributed by atoms with van der Waals surface area (Å²) in [5.74, 6) is -1.16. The number of esters is 1. The van der Waals surface area contributed by atoms with Crippen molar-refractivity contribution in [2.45, 2.75) is 6.42 Å². The summed E-state index contributed by atoms with van der Waals surface area (Å²) in [6.07, 6.45) is 7.75. The van der Waals surface area contributed by atoms with Crippen LogP contribution in [0.2, 0.25) is 0 Å². The minimum Gasteiger partial charge on any atom is -0.465 e. The lowest BCUT2D eigenvalue weighted by Crippen LogP contribution is -2.20. The highest BCUT2D eigenvalue weighted by molar-refractivity contribution is 6.25. The number of aliphatic imine (C=N–C) groups is 1. The van der Waals surface area contributed by atoms with E-state index in [2.05, 4.69) is 9.73 Å². The first-order valence-corrected chi connectivity index (χ1v) is 4.51. The molecule has 0 spiro atoms. The summed E-state index contributed by atoms with van der Waals surface area (Å²) in [5, 5.41) is 0. The Bertz CT molecular complexity index is 452. The maximum atomic E-state index is 11.4. The molecule has 76 valence electrons. The zero-order chi connectivity index (χ0) is 10.8. The molecule has 0 saturated carbocycles. The van der Waals surface area contributed by atoms with Crippen LogP contribution in [-0.2, 0) is 14.3 Å². The van der Waals surface area contributed by atoms with Gasteiger partial charge in [0.1, 0.15) is 5.57 Å². The Labute approximate surface area is 86.6 Å². The van der Waals surface area contributed by atoms with Crippen LogP contribution in [0.1, 0.15) is 6.42 Å². The van der Waals surface area contributed by atoms with Crippen molar-refractivity contribution in [2.24, 2.45) is 4.99 Å². The monoisotopic (exact) mass is 203 g/mol.